The van der Waals surface area contributed by atoms with Crippen molar-refractivity contribution < 1.29 is 19.4 Å². The van der Waals surface area contributed by atoms with Gasteiger partial charge >= 0.3 is 5.97 Å². The van der Waals surface area contributed by atoms with Crippen LogP contribution in [0.4, 0.5) is 0 Å². The second kappa shape index (κ2) is 9.17. The molecule has 15 heavy (non-hydrogen) atoms. The van der Waals surface area contributed by atoms with Crippen molar-refractivity contribution in [3.63, 3.8) is 0 Å². The van der Waals surface area contributed by atoms with E-state index in [0.29, 0.717) is 13.1 Å². The second-order valence-electron chi connectivity index (χ2n) is 2.72. The van der Waals surface area contributed by atoms with Crippen LogP contribution in [0.1, 0.15) is 0 Å². The summed E-state index contributed by atoms with van der Waals surface area (Å²) in [5.41, 5.74) is 0. The summed E-state index contributed by atoms with van der Waals surface area (Å²) in [4.78, 5) is 21.1. The van der Waals surface area contributed by atoms with Gasteiger partial charge in [-0.1, -0.05) is 6.08 Å². The van der Waals surface area contributed by atoms with Gasteiger partial charge in [-0.25, -0.2) is 4.79 Å². The van der Waals surface area contributed by atoms with E-state index in [1.54, 1.807) is 6.08 Å². The molecule has 0 aliphatic carbocycles. The van der Waals surface area contributed by atoms with E-state index in [9.17, 15) is 9.59 Å². The van der Waals surface area contributed by atoms with Crippen molar-refractivity contribution in [2.45, 2.75) is 0 Å². The number of hydrogen-bond donors (Lipinski definition) is 3. The minimum Gasteiger partial charge on any atom is -0.480 e. The zero-order valence-electron chi connectivity index (χ0n) is 8.49. The van der Waals surface area contributed by atoms with Gasteiger partial charge in [0.1, 0.15) is 6.61 Å². The Morgan fingerprint density at radius 3 is 2.80 bits per heavy atom. The third-order valence-electron chi connectivity index (χ3n) is 1.37. The topological polar surface area (TPSA) is 87.7 Å². The van der Waals surface area contributed by atoms with Gasteiger partial charge in [0.05, 0.1) is 13.2 Å². The Kier molecular flexibility index (Phi) is 8.31. The van der Waals surface area contributed by atoms with Crippen molar-refractivity contribution in [3.8, 4) is 0 Å². The molecule has 6 nitrogen and oxygen atoms in total. The van der Waals surface area contributed by atoms with Gasteiger partial charge in [-0.2, -0.15) is 0 Å². The number of carboxylic acid groups (broad SMARTS) is 1. The minimum absolute atomic E-state index is 0.157. The van der Waals surface area contributed by atoms with Gasteiger partial charge in [-0.15, -0.1) is 6.58 Å². The van der Waals surface area contributed by atoms with E-state index in [2.05, 4.69) is 17.2 Å². The molecular formula is C9H16N2O4. The summed E-state index contributed by atoms with van der Waals surface area (Å²) in [6.45, 7) is 4.44. The molecule has 0 atom stereocenters. The van der Waals surface area contributed by atoms with Gasteiger partial charge in [-0.3, -0.25) is 4.79 Å². The van der Waals surface area contributed by atoms with Crippen LogP contribution < -0.4 is 10.6 Å². The number of hydrogen-bond acceptors (Lipinski definition) is 4. The second-order valence-corrected chi connectivity index (χ2v) is 2.72. The van der Waals surface area contributed by atoms with Crippen molar-refractivity contribution in [3.05, 3.63) is 12.7 Å². The molecule has 0 aliphatic heterocycles. The molecule has 6 heteroatoms. The van der Waals surface area contributed by atoms with Crippen LogP contribution in [0, 0.1) is 0 Å². The fourth-order valence-corrected chi connectivity index (χ4v) is 0.772. The summed E-state index contributed by atoms with van der Waals surface area (Å²) in [7, 11) is 0. The van der Waals surface area contributed by atoms with E-state index in [-0.39, 0.29) is 25.7 Å². The number of amides is 1. The van der Waals surface area contributed by atoms with Gasteiger partial charge in [0.25, 0.3) is 0 Å². The third kappa shape index (κ3) is 10.5. The third-order valence-corrected chi connectivity index (χ3v) is 1.37. The number of ether oxygens (including phenoxy) is 1. The van der Waals surface area contributed by atoms with Gasteiger partial charge in [0.15, 0.2) is 0 Å². The molecule has 1 amide bonds. The average molecular weight is 216 g/mol. The highest BCUT2D eigenvalue weighted by Crippen LogP contribution is 1.73. The maximum atomic E-state index is 11.0. The van der Waals surface area contributed by atoms with E-state index >= 15 is 0 Å². The van der Waals surface area contributed by atoms with Crippen LogP contribution in [0.3, 0.4) is 0 Å². The van der Waals surface area contributed by atoms with Crippen molar-refractivity contribution in [2.75, 3.05) is 32.8 Å². The Labute approximate surface area is 88.3 Å². The summed E-state index contributed by atoms with van der Waals surface area (Å²) in [6, 6.07) is 0. The van der Waals surface area contributed by atoms with Gasteiger partial charge in [0, 0.05) is 13.1 Å². The monoisotopic (exact) mass is 216 g/mol. The van der Waals surface area contributed by atoms with Crippen LogP contribution in [-0.2, 0) is 14.3 Å². The normalized spacial score (nSPS) is 9.60. The molecule has 0 aromatic carbocycles. The summed E-state index contributed by atoms with van der Waals surface area (Å²) in [6.07, 6.45) is 1.66. The van der Waals surface area contributed by atoms with Crippen LogP contribution in [0.25, 0.3) is 0 Å². The smallest absolute Gasteiger partial charge is 0.329 e. The fraction of sp³-hybridized carbons (Fsp3) is 0.556. The predicted molar refractivity (Wildman–Crippen MR) is 54.5 cm³/mol. The molecule has 0 aromatic rings. The Balaban J connectivity index is 3.23. The van der Waals surface area contributed by atoms with Crippen LogP contribution in [0.15, 0.2) is 12.7 Å². The highest BCUT2D eigenvalue weighted by molar-refractivity contribution is 5.77. The molecule has 0 fully saturated rings. The summed E-state index contributed by atoms with van der Waals surface area (Å²) in [5, 5.41) is 13.6. The molecule has 0 radical (unpaired) electrons. The lowest BCUT2D eigenvalue weighted by Crippen LogP contribution is -2.35. The van der Waals surface area contributed by atoms with Gasteiger partial charge in [-0.05, 0) is 0 Å². The van der Waals surface area contributed by atoms with Crippen molar-refractivity contribution in [2.24, 2.45) is 0 Å². The molecular weight excluding hydrogens is 200 g/mol. The summed E-state index contributed by atoms with van der Waals surface area (Å²) >= 11 is 0. The molecule has 0 aliphatic rings. The molecule has 0 unspecified atom stereocenters. The zero-order chi connectivity index (χ0) is 11.5. The van der Waals surface area contributed by atoms with Gasteiger partial charge in [0.2, 0.25) is 5.91 Å². The molecule has 3 N–H and O–H groups in total. The molecule has 0 spiro atoms. The first-order valence-electron chi connectivity index (χ1n) is 4.54. The van der Waals surface area contributed by atoms with E-state index < -0.39 is 5.97 Å². The predicted octanol–water partition coefficient (Wildman–Crippen LogP) is -1.02. The van der Waals surface area contributed by atoms with Crippen LogP contribution in [-0.4, -0.2) is 49.8 Å². The number of aliphatic carboxylic acids is 1. The van der Waals surface area contributed by atoms with Crippen molar-refractivity contribution in [1.82, 2.24) is 10.6 Å². The maximum Gasteiger partial charge on any atom is 0.329 e. The van der Waals surface area contributed by atoms with E-state index in [1.807, 2.05) is 0 Å². The first-order valence-corrected chi connectivity index (χ1v) is 4.54. The summed E-state index contributed by atoms with van der Waals surface area (Å²) in [5.74, 6) is -1.18. The average Bonchev–Trinajstić information content (AvgIpc) is 2.17. The highest BCUT2D eigenvalue weighted by atomic mass is 16.5. The first kappa shape index (κ1) is 13.6. The molecule has 0 saturated heterocycles. The van der Waals surface area contributed by atoms with E-state index in [1.165, 1.54) is 0 Å². The van der Waals surface area contributed by atoms with Crippen molar-refractivity contribution >= 4 is 11.9 Å². The number of carbonyl (C=O) groups is 2. The molecule has 0 rings (SSSR count). The quantitative estimate of drug-likeness (QED) is 0.339. The Bertz CT molecular complexity index is 218. The fourth-order valence-electron chi connectivity index (χ4n) is 0.772. The standard InChI is InChI=1S/C9H16N2O4/c1-2-3-10-6-8(12)11-4-5-15-7-9(13)14/h2,10H,1,3-7H2,(H,11,12)(H,13,14). The van der Waals surface area contributed by atoms with E-state index in [4.69, 9.17) is 9.84 Å². The Hall–Kier alpha value is -1.40. The Morgan fingerprint density at radius 1 is 1.47 bits per heavy atom. The number of carbonyl (C=O) groups excluding carboxylic acids is 1. The maximum absolute atomic E-state index is 11.0. The summed E-state index contributed by atoms with van der Waals surface area (Å²) < 4.78 is 4.72. The van der Waals surface area contributed by atoms with Crippen LogP contribution in [0.5, 0.6) is 0 Å². The van der Waals surface area contributed by atoms with Crippen molar-refractivity contribution in [1.29, 1.82) is 0 Å². The highest BCUT2D eigenvalue weighted by Gasteiger charge is 1.99. The lowest BCUT2D eigenvalue weighted by Gasteiger charge is -2.05. The number of carboxylic acids is 1. The minimum atomic E-state index is -1.02. The lowest BCUT2D eigenvalue weighted by atomic mass is 10.5. The molecule has 0 aromatic heterocycles. The van der Waals surface area contributed by atoms with Gasteiger partial charge < -0.3 is 20.5 Å². The lowest BCUT2D eigenvalue weighted by molar-refractivity contribution is -0.142. The van der Waals surface area contributed by atoms with Crippen LogP contribution in [0.2, 0.25) is 0 Å². The molecule has 0 saturated carbocycles. The largest absolute Gasteiger partial charge is 0.480 e. The zero-order valence-corrected chi connectivity index (χ0v) is 8.49. The molecule has 86 valence electrons. The first-order chi connectivity index (χ1) is 7.16. The van der Waals surface area contributed by atoms with E-state index in [0.717, 1.165) is 0 Å². The number of rotatable bonds is 9. The SMILES string of the molecule is C=CCNCC(=O)NCCOCC(=O)O. The molecule has 0 bridgehead atoms. The number of nitrogens with one attached hydrogen (secondary N) is 2. The van der Waals surface area contributed by atoms with Crippen LogP contribution >= 0.6 is 0 Å². The Morgan fingerprint density at radius 2 is 2.20 bits per heavy atom. The molecule has 0 heterocycles.